The van der Waals surface area contributed by atoms with Crippen LogP contribution in [0.5, 0.6) is 0 Å². The van der Waals surface area contributed by atoms with E-state index >= 15 is 0 Å². The van der Waals surface area contributed by atoms with Crippen molar-refractivity contribution in [1.29, 1.82) is 0 Å². The predicted octanol–water partition coefficient (Wildman–Crippen LogP) is 0.879. The highest BCUT2D eigenvalue weighted by molar-refractivity contribution is 5.34. The first-order valence-corrected chi connectivity index (χ1v) is 5.22. The van der Waals surface area contributed by atoms with Crippen LogP contribution in [0.4, 0.5) is 5.82 Å². The molecule has 0 aromatic carbocycles. The van der Waals surface area contributed by atoms with Gasteiger partial charge in [0.25, 0.3) is 0 Å². The molecule has 0 aliphatic carbocycles. The summed E-state index contributed by atoms with van der Waals surface area (Å²) in [5, 5.41) is 18.7. The van der Waals surface area contributed by atoms with Crippen molar-refractivity contribution in [2.24, 2.45) is 0 Å². The maximum atomic E-state index is 3.98. The van der Waals surface area contributed by atoms with Crippen molar-refractivity contribution >= 4 is 5.82 Å². The molecule has 0 atom stereocenters. The Bertz CT molecular complexity index is 425. The Hall–Kier alpha value is -1.98. The van der Waals surface area contributed by atoms with Crippen molar-refractivity contribution in [2.75, 3.05) is 11.9 Å². The average molecular weight is 218 g/mol. The molecule has 0 unspecified atom stereocenters. The third kappa shape index (κ3) is 3.01. The summed E-state index contributed by atoms with van der Waals surface area (Å²) in [6.07, 6.45) is 6.24. The van der Waals surface area contributed by atoms with Gasteiger partial charge in [0.15, 0.2) is 0 Å². The van der Waals surface area contributed by atoms with Crippen LogP contribution in [0.25, 0.3) is 0 Å². The molecule has 6 nitrogen and oxygen atoms in total. The monoisotopic (exact) mass is 218 g/mol. The first kappa shape index (κ1) is 10.5. The zero-order valence-corrected chi connectivity index (χ0v) is 9.17. The van der Waals surface area contributed by atoms with Gasteiger partial charge >= 0.3 is 0 Å². The minimum absolute atomic E-state index is 0.818. The number of nitrogens with one attached hydrogen (secondary N) is 1. The van der Waals surface area contributed by atoms with Crippen molar-refractivity contribution in [3.05, 3.63) is 30.2 Å². The van der Waals surface area contributed by atoms with Gasteiger partial charge in [-0.15, -0.1) is 10.2 Å². The number of aryl methyl sites for hydroxylation is 2. The molecule has 2 heterocycles. The molecule has 0 spiro atoms. The van der Waals surface area contributed by atoms with Gasteiger partial charge in [0.2, 0.25) is 0 Å². The molecular weight excluding hydrogens is 204 g/mol. The van der Waals surface area contributed by atoms with Crippen molar-refractivity contribution < 1.29 is 0 Å². The fourth-order valence-electron chi connectivity index (χ4n) is 1.36. The summed E-state index contributed by atoms with van der Waals surface area (Å²) >= 11 is 0. The van der Waals surface area contributed by atoms with Gasteiger partial charge in [-0.25, -0.2) is 0 Å². The molecule has 2 rings (SSSR count). The van der Waals surface area contributed by atoms with Crippen molar-refractivity contribution in [1.82, 2.24) is 25.2 Å². The largest absolute Gasteiger partial charge is 0.369 e. The van der Waals surface area contributed by atoms with Gasteiger partial charge in [0.05, 0.1) is 12.4 Å². The summed E-state index contributed by atoms with van der Waals surface area (Å²) in [5.74, 6) is 0.818. The van der Waals surface area contributed by atoms with E-state index in [1.165, 1.54) is 0 Å². The fourth-order valence-corrected chi connectivity index (χ4v) is 1.36. The topological polar surface area (TPSA) is 68.5 Å². The predicted molar refractivity (Wildman–Crippen MR) is 59.9 cm³/mol. The summed E-state index contributed by atoms with van der Waals surface area (Å²) in [4.78, 5) is 0. The lowest BCUT2D eigenvalue weighted by molar-refractivity contribution is 0.569. The van der Waals surface area contributed by atoms with E-state index in [1.807, 2.05) is 23.9 Å². The van der Waals surface area contributed by atoms with Gasteiger partial charge in [-0.1, -0.05) is 5.21 Å². The maximum Gasteiger partial charge on any atom is 0.148 e. The van der Waals surface area contributed by atoms with Gasteiger partial charge in [0.1, 0.15) is 5.82 Å². The van der Waals surface area contributed by atoms with Gasteiger partial charge in [-0.05, 0) is 25.0 Å². The Morgan fingerprint density at radius 1 is 1.38 bits per heavy atom. The van der Waals surface area contributed by atoms with E-state index in [-0.39, 0.29) is 0 Å². The molecule has 84 valence electrons. The van der Waals surface area contributed by atoms with Gasteiger partial charge in [0, 0.05) is 19.3 Å². The van der Waals surface area contributed by atoms with Crippen molar-refractivity contribution in [3.8, 4) is 0 Å². The van der Waals surface area contributed by atoms with Crippen LogP contribution in [0.1, 0.15) is 12.0 Å². The summed E-state index contributed by atoms with van der Waals surface area (Å²) < 4.78 is 1.81. The van der Waals surface area contributed by atoms with Crippen LogP contribution in [-0.4, -0.2) is 31.7 Å². The minimum atomic E-state index is 0.818. The molecule has 0 fully saturated rings. The van der Waals surface area contributed by atoms with Crippen LogP contribution in [0.2, 0.25) is 0 Å². The van der Waals surface area contributed by atoms with Crippen LogP contribution >= 0.6 is 0 Å². The second-order valence-corrected chi connectivity index (χ2v) is 3.56. The minimum Gasteiger partial charge on any atom is -0.369 e. The fraction of sp³-hybridized carbons (Fsp3) is 0.400. The van der Waals surface area contributed by atoms with E-state index in [9.17, 15) is 0 Å². The van der Waals surface area contributed by atoms with Gasteiger partial charge < -0.3 is 5.32 Å². The van der Waals surface area contributed by atoms with E-state index < -0.39 is 0 Å². The van der Waals surface area contributed by atoms with Gasteiger partial charge in [-0.2, -0.15) is 5.10 Å². The number of rotatable bonds is 5. The first-order valence-electron chi connectivity index (χ1n) is 5.22. The molecule has 16 heavy (non-hydrogen) atoms. The number of anilines is 1. The molecule has 2 aromatic heterocycles. The lowest BCUT2D eigenvalue weighted by Gasteiger charge is -2.04. The highest BCUT2D eigenvalue weighted by Crippen LogP contribution is 2.02. The Balaban J connectivity index is 1.72. The summed E-state index contributed by atoms with van der Waals surface area (Å²) in [6.45, 7) is 3.69. The van der Waals surface area contributed by atoms with Crippen LogP contribution in [0.15, 0.2) is 24.7 Å². The lowest BCUT2D eigenvalue weighted by Crippen LogP contribution is -2.08. The molecule has 0 radical (unpaired) electrons. The molecule has 0 saturated heterocycles. The van der Waals surface area contributed by atoms with Crippen molar-refractivity contribution in [3.63, 3.8) is 0 Å². The summed E-state index contributed by atoms with van der Waals surface area (Å²) in [5.41, 5.74) is 1.11. The summed E-state index contributed by atoms with van der Waals surface area (Å²) in [6, 6.07) is 1.97. The number of aromatic nitrogens is 5. The average Bonchev–Trinajstić information content (AvgIpc) is 2.77. The third-order valence-electron chi connectivity index (χ3n) is 2.13. The first-order chi connectivity index (χ1) is 7.84. The number of hydrogen-bond acceptors (Lipinski definition) is 5. The standard InChI is InChI=1S/C10H14N6/c1-9-7-10(14-13-8-9)11-3-2-5-16-6-4-12-15-16/h4,6-8H,2-3,5H2,1H3,(H,11,14). The Morgan fingerprint density at radius 3 is 3.06 bits per heavy atom. The smallest absolute Gasteiger partial charge is 0.148 e. The third-order valence-corrected chi connectivity index (χ3v) is 2.13. The van der Waals surface area contributed by atoms with E-state index in [2.05, 4.69) is 25.8 Å². The molecule has 0 aliphatic rings. The molecule has 0 amide bonds. The van der Waals surface area contributed by atoms with E-state index in [4.69, 9.17) is 0 Å². The molecule has 2 aromatic rings. The summed E-state index contributed by atoms with van der Waals surface area (Å²) in [7, 11) is 0. The normalized spacial score (nSPS) is 10.3. The molecule has 1 N–H and O–H groups in total. The van der Waals surface area contributed by atoms with Gasteiger partial charge in [-0.3, -0.25) is 4.68 Å². The van der Waals surface area contributed by atoms with Crippen molar-refractivity contribution in [2.45, 2.75) is 19.9 Å². The second-order valence-electron chi connectivity index (χ2n) is 3.56. The number of hydrogen-bond donors (Lipinski definition) is 1. The van der Waals surface area contributed by atoms with E-state index in [0.29, 0.717) is 0 Å². The quantitative estimate of drug-likeness (QED) is 0.754. The maximum absolute atomic E-state index is 3.98. The zero-order chi connectivity index (χ0) is 11.2. The van der Waals surface area contributed by atoms with E-state index in [1.54, 1.807) is 12.4 Å². The SMILES string of the molecule is Cc1cnnc(NCCCn2ccnn2)c1. The van der Waals surface area contributed by atoms with Crippen LogP contribution < -0.4 is 5.32 Å². The lowest BCUT2D eigenvalue weighted by atomic mass is 10.3. The molecular formula is C10H14N6. The molecule has 0 bridgehead atoms. The van der Waals surface area contributed by atoms with Crippen LogP contribution in [0.3, 0.4) is 0 Å². The molecule has 0 saturated carbocycles. The highest BCUT2D eigenvalue weighted by Gasteiger charge is 1.95. The second kappa shape index (κ2) is 5.20. The zero-order valence-electron chi connectivity index (χ0n) is 9.17. The number of nitrogens with zero attached hydrogens (tertiary/aromatic N) is 5. The Morgan fingerprint density at radius 2 is 2.31 bits per heavy atom. The van der Waals surface area contributed by atoms with E-state index in [0.717, 1.165) is 30.9 Å². The van der Waals surface area contributed by atoms with Crippen LogP contribution in [-0.2, 0) is 6.54 Å². The molecule has 6 heteroatoms. The Kier molecular flexibility index (Phi) is 3.42. The highest BCUT2D eigenvalue weighted by atomic mass is 15.4. The Labute approximate surface area is 93.7 Å². The molecule has 0 aliphatic heterocycles. The van der Waals surface area contributed by atoms with Crippen LogP contribution in [0, 0.1) is 6.92 Å².